The monoisotopic (exact) mass is 303 g/mol. The highest BCUT2D eigenvalue weighted by Gasteiger charge is 2.36. The molecular formula is C11H13NO7S. The van der Waals surface area contributed by atoms with E-state index in [2.05, 4.69) is 4.74 Å². The van der Waals surface area contributed by atoms with Crippen molar-refractivity contribution in [1.29, 1.82) is 0 Å². The third kappa shape index (κ3) is 3.52. The van der Waals surface area contributed by atoms with E-state index < -0.39 is 26.6 Å². The number of carbonyl (C=O) groups is 1. The van der Waals surface area contributed by atoms with Crippen LogP contribution in [0.3, 0.4) is 0 Å². The first-order valence-electron chi connectivity index (χ1n) is 5.38. The highest BCUT2D eigenvalue weighted by Crippen LogP contribution is 2.23. The SMILES string of the molecule is COC(=O)C(C)(C)OS(=O)(=O)c1ccc([N+](=O)[O-])cc1. The summed E-state index contributed by atoms with van der Waals surface area (Å²) in [7, 11) is -3.14. The van der Waals surface area contributed by atoms with Crippen molar-refractivity contribution in [3.05, 3.63) is 34.4 Å². The minimum absolute atomic E-state index is 0.254. The van der Waals surface area contributed by atoms with Crippen LogP contribution < -0.4 is 0 Å². The Morgan fingerprint density at radius 2 is 1.75 bits per heavy atom. The Hall–Kier alpha value is -2.00. The average Bonchev–Trinajstić information content (AvgIpc) is 2.36. The first-order chi connectivity index (χ1) is 9.10. The van der Waals surface area contributed by atoms with Crippen LogP contribution in [-0.2, 0) is 23.8 Å². The van der Waals surface area contributed by atoms with E-state index in [1.165, 1.54) is 13.8 Å². The molecule has 0 saturated carbocycles. The quantitative estimate of drug-likeness (QED) is 0.348. The van der Waals surface area contributed by atoms with Gasteiger partial charge in [0.25, 0.3) is 15.8 Å². The van der Waals surface area contributed by atoms with Crippen LogP contribution in [-0.4, -0.2) is 32.0 Å². The molecule has 0 aromatic heterocycles. The van der Waals surface area contributed by atoms with E-state index in [9.17, 15) is 23.3 Å². The fourth-order valence-electron chi connectivity index (χ4n) is 1.34. The molecule has 0 aliphatic rings. The summed E-state index contributed by atoms with van der Waals surface area (Å²) in [6.45, 7) is 2.48. The molecule has 0 saturated heterocycles. The second kappa shape index (κ2) is 5.55. The minimum Gasteiger partial charge on any atom is -0.467 e. The zero-order chi connectivity index (χ0) is 15.6. The van der Waals surface area contributed by atoms with Gasteiger partial charge in [0.1, 0.15) is 0 Å². The van der Waals surface area contributed by atoms with Crippen LogP contribution >= 0.6 is 0 Å². The number of esters is 1. The first-order valence-corrected chi connectivity index (χ1v) is 6.79. The lowest BCUT2D eigenvalue weighted by atomic mass is 10.1. The molecule has 0 N–H and O–H groups in total. The number of hydrogen-bond acceptors (Lipinski definition) is 7. The first kappa shape index (κ1) is 16.1. The van der Waals surface area contributed by atoms with E-state index in [0.717, 1.165) is 31.4 Å². The summed E-state index contributed by atoms with van der Waals surface area (Å²) in [5, 5.41) is 10.5. The molecule has 0 aliphatic carbocycles. The number of nitrogens with zero attached hydrogens (tertiary/aromatic N) is 1. The minimum atomic E-state index is -4.24. The number of ether oxygens (including phenoxy) is 1. The molecule has 1 rings (SSSR count). The van der Waals surface area contributed by atoms with Gasteiger partial charge in [0, 0.05) is 12.1 Å². The summed E-state index contributed by atoms with van der Waals surface area (Å²) in [5.41, 5.74) is -1.95. The normalized spacial score (nSPS) is 11.9. The number of rotatable bonds is 5. The van der Waals surface area contributed by atoms with Gasteiger partial charge in [-0.15, -0.1) is 0 Å². The highest BCUT2D eigenvalue weighted by molar-refractivity contribution is 7.86. The van der Waals surface area contributed by atoms with Crippen LogP contribution in [0.5, 0.6) is 0 Å². The van der Waals surface area contributed by atoms with Gasteiger partial charge in [-0.05, 0) is 26.0 Å². The van der Waals surface area contributed by atoms with Crippen molar-refractivity contribution in [3.63, 3.8) is 0 Å². The summed E-state index contributed by atoms with van der Waals surface area (Å²) in [5.74, 6) is -0.858. The van der Waals surface area contributed by atoms with E-state index in [0.29, 0.717) is 0 Å². The fourth-order valence-corrected chi connectivity index (χ4v) is 2.52. The Morgan fingerprint density at radius 3 is 2.15 bits per heavy atom. The lowest BCUT2D eigenvalue weighted by Gasteiger charge is -2.21. The van der Waals surface area contributed by atoms with E-state index in [4.69, 9.17) is 4.18 Å². The van der Waals surface area contributed by atoms with Crippen LogP contribution in [0.15, 0.2) is 29.2 Å². The summed E-state index contributed by atoms with van der Waals surface area (Å²) < 4.78 is 33.1. The largest absolute Gasteiger partial charge is 0.467 e. The third-order valence-electron chi connectivity index (χ3n) is 2.33. The molecule has 0 spiro atoms. The Labute approximate surface area is 115 Å². The van der Waals surface area contributed by atoms with Gasteiger partial charge in [0.2, 0.25) is 0 Å². The molecule has 1 aromatic rings. The van der Waals surface area contributed by atoms with Gasteiger partial charge in [0.05, 0.1) is 16.9 Å². The number of nitro groups is 1. The molecule has 0 heterocycles. The molecule has 0 unspecified atom stereocenters. The standard InChI is InChI=1S/C11H13NO7S/c1-11(2,10(13)18-3)19-20(16,17)9-6-4-8(5-7-9)12(14)15/h4-7H,1-3H3. The summed E-state index contributed by atoms with van der Waals surface area (Å²) in [6, 6.07) is 4.12. The summed E-state index contributed by atoms with van der Waals surface area (Å²) >= 11 is 0. The second-order valence-electron chi connectivity index (χ2n) is 4.29. The van der Waals surface area contributed by atoms with Gasteiger partial charge < -0.3 is 4.74 Å². The van der Waals surface area contributed by atoms with Gasteiger partial charge in [-0.2, -0.15) is 8.42 Å². The zero-order valence-electron chi connectivity index (χ0n) is 11.0. The lowest BCUT2D eigenvalue weighted by molar-refractivity contribution is -0.384. The number of benzene rings is 1. The smallest absolute Gasteiger partial charge is 0.339 e. The molecule has 9 heteroatoms. The third-order valence-corrected chi connectivity index (χ3v) is 3.82. The number of methoxy groups -OCH3 is 1. The van der Waals surface area contributed by atoms with Crippen molar-refractivity contribution in [2.24, 2.45) is 0 Å². The Bertz CT molecular complexity index is 619. The number of nitro benzene ring substituents is 1. The Kier molecular flexibility index (Phi) is 4.46. The highest BCUT2D eigenvalue weighted by atomic mass is 32.2. The fraction of sp³-hybridized carbons (Fsp3) is 0.364. The Balaban J connectivity index is 3.05. The van der Waals surface area contributed by atoms with Crippen LogP contribution in [0, 0.1) is 10.1 Å². The summed E-state index contributed by atoms with van der Waals surface area (Å²) in [6.07, 6.45) is 0. The molecule has 1 aromatic carbocycles. The van der Waals surface area contributed by atoms with Crippen molar-refractivity contribution < 1.29 is 27.1 Å². The average molecular weight is 303 g/mol. The van der Waals surface area contributed by atoms with E-state index in [1.54, 1.807) is 0 Å². The van der Waals surface area contributed by atoms with Gasteiger partial charge in [0.15, 0.2) is 5.60 Å². The van der Waals surface area contributed by atoms with Crippen molar-refractivity contribution in [1.82, 2.24) is 0 Å². The summed E-state index contributed by atoms with van der Waals surface area (Å²) in [4.78, 5) is 20.9. The molecule has 0 fully saturated rings. The lowest BCUT2D eigenvalue weighted by Crippen LogP contribution is -2.38. The molecule has 110 valence electrons. The number of non-ortho nitro benzene ring substituents is 1. The molecular weight excluding hydrogens is 290 g/mol. The predicted octanol–water partition coefficient (Wildman–Crippen LogP) is 1.25. The van der Waals surface area contributed by atoms with Crippen molar-refractivity contribution in [2.75, 3.05) is 7.11 Å². The maximum atomic E-state index is 11.9. The van der Waals surface area contributed by atoms with Crippen molar-refractivity contribution in [2.45, 2.75) is 24.3 Å². The topological polar surface area (TPSA) is 113 Å². The zero-order valence-corrected chi connectivity index (χ0v) is 11.8. The van der Waals surface area contributed by atoms with Crippen molar-refractivity contribution in [3.8, 4) is 0 Å². The van der Waals surface area contributed by atoms with Gasteiger partial charge in [-0.25, -0.2) is 8.98 Å². The van der Waals surface area contributed by atoms with Crippen LogP contribution in [0.25, 0.3) is 0 Å². The molecule has 0 bridgehead atoms. The molecule has 20 heavy (non-hydrogen) atoms. The molecule has 8 nitrogen and oxygen atoms in total. The molecule has 0 radical (unpaired) electrons. The number of carbonyl (C=O) groups excluding carboxylic acids is 1. The maximum absolute atomic E-state index is 11.9. The van der Waals surface area contributed by atoms with E-state index >= 15 is 0 Å². The Morgan fingerprint density at radius 1 is 1.25 bits per heavy atom. The van der Waals surface area contributed by atoms with Gasteiger partial charge >= 0.3 is 5.97 Å². The molecule has 0 atom stereocenters. The van der Waals surface area contributed by atoms with Crippen LogP contribution in [0.1, 0.15) is 13.8 Å². The van der Waals surface area contributed by atoms with E-state index in [1.807, 2.05) is 0 Å². The van der Waals surface area contributed by atoms with Gasteiger partial charge in [-0.3, -0.25) is 10.1 Å². The molecule has 0 amide bonds. The molecule has 0 aliphatic heterocycles. The van der Waals surface area contributed by atoms with E-state index in [-0.39, 0.29) is 10.6 Å². The second-order valence-corrected chi connectivity index (χ2v) is 5.84. The van der Waals surface area contributed by atoms with Crippen LogP contribution in [0.4, 0.5) is 5.69 Å². The number of hydrogen-bond donors (Lipinski definition) is 0. The predicted molar refractivity (Wildman–Crippen MR) is 67.5 cm³/mol. The van der Waals surface area contributed by atoms with Crippen molar-refractivity contribution >= 4 is 21.8 Å². The van der Waals surface area contributed by atoms with Crippen LogP contribution in [0.2, 0.25) is 0 Å². The van der Waals surface area contributed by atoms with Gasteiger partial charge in [-0.1, -0.05) is 0 Å². The maximum Gasteiger partial charge on any atom is 0.339 e.